The molecule has 90 valence electrons. The minimum atomic E-state index is -4.50. The molecule has 1 saturated carbocycles. The van der Waals surface area contributed by atoms with E-state index in [1.807, 2.05) is 0 Å². The summed E-state index contributed by atoms with van der Waals surface area (Å²) in [4.78, 5) is 0. The van der Waals surface area contributed by atoms with Crippen LogP contribution in [0, 0.1) is 11.3 Å². The Labute approximate surface area is 96.0 Å². The summed E-state index contributed by atoms with van der Waals surface area (Å²) < 4.78 is 37.5. The molecule has 0 heterocycles. The number of anilines is 1. The summed E-state index contributed by atoms with van der Waals surface area (Å²) in [6.07, 6.45) is -3.71. The highest BCUT2D eigenvalue weighted by Gasteiger charge is 2.35. The third kappa shape index (κ3) is 2.50. The van der Waals surface area contributed by atoms with Gasteiger partial charge in [0.1, 0.15) is 0 Å². The lowest BCUT2D eigenvalue weighted by Crippen LogP contribution is -2.14. The molecule has 17 heavy (non-hydrogen) atoms. The smallest absolute Gasteiger partial charge is 0.381 e. The quantitative estimate of drug-likeness (QED) is 0.833. The molecule has 3 N–H and O–H groups in total. The summed E-state index contributed by atoms with van der Waals surface area (Å²) in [7, 11) is 0. The van der Waals surface area contributed by atoms with Crippen LogP contribution < -0.4 is 11.1 Å². The number of nitrogens with one attached hydrogen (secondary N) is 1. The van der Waals surface area contributed by atoms with Gasteiger partial charge in [0.25, 0.3) is 0 Å². The third-order valence-electron chi connectivity index (χ3n) is 2.64. The maximum Gasteiger partial charge on any atom is 0.417 e. The normalized spacial score (nSPS) is 23.0. The lowest BCUT2D eigenvalue weighted by molar-refractivity contribution is -0.137. The molecule has 2 atom stereocenters. The zero-order chi connectivity index (χ0) is 12.6. The predicted octanol–water partition coefficient (Wildman–Crippen LogP) is 2.09. The number of nitrogens with two attached hydrogens (primary N) is 1. The predicted molar refractivity (Wildman–Crippen MR) is 56.2 cm³/mol. The fraction of sp³-hybridized carbons (Fsp3) is 0.364. The Morgan fingerprint density at radius 2 is 2.06 bits per heavy atom. The Kier molecular flexibility index (Phi) is 2.71. The van der Waals surface area contributed by atoms with E-state index in [1.165, 1.54) is 12.1 Å². The van der Waals surface area contributed by atoms with E-state index >= 15 is 0 Å². The van der Waals surface area contributed by atoms with E-state index in [0.29, 0.717) is 5.69 Å². The van der Waals surface area contributed by atoms with Crippen molar-refractivity contribution in [2.45, 2.75) is 24.7 Å². The van der Waals surface area contributed by atoms with Crippen molar-refractivity contribution >= 4 is 5.69 Å². The molecule has 1 aromatic carbocycles. The van der Waals surface area contributed by atoms with Gasteiger partial charge in [0, 0.05) is 17.8 Å². The Hall–Kier alpha value is -1.74. The number of benzene rings is 1. The molecule has 0 bridgehead atoms. The number of nitriles is 1. The van der Waals surface area contributed by atoms with Gasteiger partial charge in [0.15, 0.2) is 0 Å². The number of alkyl halides is 3. The van der Waals surface area contributed by atoms with E-state index in [9.17, 15) is 13.2 Å². The summed E-state index contributed by atoms with van der Waals surface area (Å²) in [5.74, 6) is 0. The first-order valence-corrected chi connectivity index (χ1v) is 5.05. The molecule has 2 rings (SSSR count). The lowest BCUT2D eigenvalue weighted by atomic mass is 10.1. The first kappa shape index (κ1) is 11.7. The number of rotatable bonds is 2. The van der Waals surface area contributed by atoms with Crippen molar-refractivity contribution in [2.75, 3.05) is 5.32 Å². The van der Waals surface area contributed by atoms with Crippen LogP contribution in [-0.2, 0) is 6.18 Å². The third-order valence-corrected chi connectivity index (χ3v) is 2.64. The van der Waals surface area contributed by atoms with Crippen LogP contribution in [0.2, 0.25) is 0 Å². The summed E-state index contributed by atoms with van der Waals surface area (Å²) in [5.41, 5.74) is 4.78. The van der Waals surface area contributed by atoms with Crippen molar-refractivity contribution < 1.29 is 13.2 Å². The number of nitrogens with zero attached hydrogens (tertiary/aromatic N) is 1. The fourth-order valence-corrected chi connectivity index (χ4v) is 1.57. The van der Waals surface area contributed by atoms with Crippen LogP contribution in [0.1, 0.15) is 17.5 Å². The average Bonchev–Trinajstić information content (AvgIpc) is 2.92. The average molecular weight is 241 g/mol. The van der Waals surface area contributed by atoms with Crippen LogP contribution >= 0.6 is 0 Å². The van der Waals surface area contributed by atoms with Crippen LogP contribution in [0.5, 0.6) is 0 Å². The van der Waals surface area contributed by atoms with E-state index in [1.54, 1.807) is 6.07 Å². The molecular formula is C11H10F3N3. The van der Waals surface area contributed by atoms with Crippen LogP contribution in [0.15, 0.2) is 18.2 Å². The van der Waals surface area contributed by atoms with E-state index in [0.717, 1.165) is 12.5 Å². The topological polar surface area (TPSA) is 61.8 Å². The van der Waals surface area contributed by atoms with Crippen molar-refractivity contribution in [2.24, 2.45) is 5.73 Å². The summed E-state index contributed by atoms with van der Waals surface area (Å²) in [5, 5.41) is 11.7. The van der Waals surface area contributed by atoms with Gasteiger partial charge in [-0.2, -0.15) is 18.4 Å². The molecule has 1 aliphatic rings. The standard InChI is InChI=1S/C11H10F3N3/c12-11(13,14)8-2-1-7(3-6(8)5-15)17-10-4-9(10)16/h1-3,9-10,17H,4,16H2. The van der Waals surface area contributed by atoms with Crippen LogP contribution in [0.25, 0.3) is 0 Å². The zero-order valence-electron chi connectivity index (χ0n) is 8.75. The fourth-order valence-electron chi connectivity index (χ4n) is 1.57. The van der Waals surface area contributed by atoms with Crippen LogP contribution in [0.3, 0.4) is 0 Å². The van der Waals surface area contributed by atoms with Gasteiger partial charge in [0.2, 0.25) is 0 Å². The van der Waals surface area contributed by atoms with Crippen LogP contribution in [-0.4, -0.2) is 12.1 Å². The van der Waals surface area contributed by atoms with Gasteiger partial charge >= 0.3 is 6.18 Å². The van der Waals surface area contributed by atoms with Gasteiger partial charge in [-0.1, -0.05) is 0 Å². The number of halogens is 3. The maximum absolute atomic E-state index is 12.5. The molecule has 0 aromatic heterocycles. The molecule has 0 aliphatic heterocycles. The van der Waals surface area contributed by atoms with Crippen molar-refractivity contribution in [3.8, 4) is 6.07 Å². The Morgan fingerprint density at radius 1 is 1.41 bits per heavy atom. The minimum absolute atomic E-state index is 0.0443. The number of hydrogen-bond acceptors (Lipinski definition) is 3. The highest BCUT2D eigenvalue weighted by molar-refractivity contribution is 5.55. The Balaban J connectivity index is 2.25. The van der Waals surface area contributed by atoms with Crippen molar-refractivity contribution in [3.63, 3.8) is 0 Å². The van der Waals surface area contributed by atoms with E-state index in [2.05, 4.69) is 5.32 Å². The van der Waals surface area contributed by atoms with Crippen molar-refractivity contribution in [1.82, 2.24) is 0 Å². The zero-order valence-corrected chi connectivity index (χ0v) is 8.75. The molecular weight excluding hydrogens is 231 g/mol. The summed E-state index contributed by atoms with van der Waals surface area (Å²) in [6.45, 7) is 0. The van der Waals surface area contributed by atoms with Gasteiger partial charge in [-0.05, 0) is 24.6 Å². The van der Waals surface area contributed by atoms with Gasteiger partial charge in [-0.3, -0.25) is 0 Å². The maximum atomic E-state index is 12.5. The van der Waals surface area contributed by atoms with E-state index in [4.69, 9.17) is 11.0 Å². The van der Waals surface area contributed by atoms with Gasteiger partial charge in [-0.15, -0.1) is 0 Å². The highest BCUT2D eigenvalue weighted by atomic mass is 19.4. The SMILES string of the molecule is N#Cc1cc(NC2CC2N)ccc1C(F)(F)F. The molecule has 3 nitrogen and oxygen atoms in total. The van der Waals surface area contributed by atoms with Gasteiger partial charge < -0.3 is 11.1 Å². The summed E-state index contributed by atoms with van der Waals surface area (Å²) >= 11 is 0. The van der Waals surface area contributed by atoms with Crippen molar-refractivity contribution in [1.29, 1.82) is 5.26 Å². The molecule has 0 radical (unpaired) electrons. The molecule has 6 heteroatoms. The molecule has 2 unspecified atom stereocenters. The minimum Gasteiger partial charge on any atom is -0.381 e. The monoisotopic (exact) mass is 241 g/mol. The first-order valence-electron chi connectivity index (χ1n) is 5.05. The molecule has 1 aromatic rings. The van der Waals surface area contributed by atoms with E-state index < -0.39 is 11.7 Å². The lowest BCUT2D eigenvalue weighted by Gasteiger charge is -2.11. The second-order valence-electron chi connectivity index (χ2n) is 4.02. The molecule has 1 aliphatic carbocycles. The number of hydrogen-bond donors (Lipinski definition) is 2. The highest BCUT2D eigenvalue weighted by Crippen LogP contribution is 2.33. The van der Waals surface area contributed by atoms with Crippen LogP contribution in [0.4, 0.5) is 18.9 Å². The first-order chi connectivity index (χ1) is 7.91. The largest absolute Gasteiger partial charge is 0.417 e. The van der Waals surface area contributed by atoms with Gasteiger partial charge in [0.05, 0.1) is 17.2 Å². The van der Waals surface area contributed by atoms with Crippen molar-refractivity contribution in [3.05, 3.63) is 29.3 Å². The molecule has 0 saturated heterocycles. The van der Waals surface area contributed by atoms with Gasteiger partial charge in [-0.25, -0.2) is 0 Å². The molecule has 0 amide bonds. The molecule has 0 spiro atoms. The van der Waals surface area contributed by atoms with E-state index in [-0.39, 0.29) is 17.6 Å². The Bertz CT molecular complexity index is 476. The Morgan fingerprint density at radius 3 is 2.53 bits per heavy atom. The summed E-state index contributed by atoms with van der Waals surface area (Å²) in [6, 6.07) is 5.12. The molecule has 1 fully saturated rings. The second kappa shape index (κ2) is 3.93. The second-order valence-corrected chi connectivity index (χ2v) is 4.02.